The third-order valence-corrected chi connectivity index (χ3v) is 2.89. The van der Waals surface area contributed by atoms with Crippen LogP contribution in [0.3, 0.4) is 0 Å². The lowest BCUT2D eigenvalue weighted by molar-refractivity contribution is -0.384. The SMILES string of the molecule is CC(O)c1ccc(OCc2cccc([N+](=O)[O-])c2)cc1. The molecule has 0 amide bonds. The molecule has 0 bridgehead atoms. The van der Waals surface area contributed by atoms with Crippen LogP contribution < -0.4 is 4.74 Å². The highest BCUT2D eigenvalue weighted by atomic mass is 16.6. The first-order valence-electron chi connectivity index (χ1n) is 6.20. The summed E-state index contributed by atoms with van der Waals surface area (Å²) >= 11 is 0. The van der Waals surface area contributed by atoms with Gasteiger partial charge >= 0.3 is 0 Å². The van der Waals surface area contributed by atoms with E-state index in [4.69, 9.17) is 4.74 Å². The zero-order valence-corrected chi connectivity index (χ0v) is 11.0. The second-order valence-corrected chi connectivity index (χ2v) is 4.46. The summed E-state index contributed by atoms with van der Waals surface area (Å²) in [6.45, 7) is 1.95. The Balaban J connectivity index is 2.01. The molecule has 0 saturated carbocycles. The molecule has 1 N–H and O–H groups in total. The van der Waals surface area contributed by atoms with Crippen molar-refractivity contribution in [1.29, 1.82) is 0 Å². The minimum absolute atomic E-state index is 0.0514. The molecule has 2 aromatic carbocycles. The molecule has 0 spiro atoms. The highest BCUT2D eigenvalue weighted by molar-refractivity contribution is 5.34. The number of nitrogens with zero attached hydrogens (tertiary/aromatic N) is 1. The second kappa shape index (κ2) is 6.16. The molecule has 5 heteroatoms. The van der Waals surface area contributed by atoms with Crippen molar-refractivity contribution in [2.75, 3.05) is 0 Å². The van der Waals surface area contributed by atoms with E-state index in [1.807, 2.05) is 0 Å². The summed E-state index contributed by atoms with van der Waals surface area (Å²) in [7, 11) is 0. The van der Waals surface area contributed by atoms with Gasteiger partial charge in [-0.3, -0.25) is 10.1 Å². The van der Waals surface area contributed by atoms with Gasteiger partial charge in [-0.1, -0.05) is 24.3 Å². The predicted octanol–water partition coefficient (Wildman–Crippen LogP) is 3.23. The van der Waals surface area contributed by atoms with E-state index in [9.17, 15) is 15.2 Å². The molecule has 104 valence electrons. The molecule has 0 aromatic heterocycles. The lowest BCUT2D eigenvalue weighted by atomic mass is 10.1. The lowest BCUT2D eigenvalue weighted by Gasteiger charge is -2.08. The maximum absolute atomic E-state index is 10.7. The van der Waals surface area contributed by atoms with Crippen molar-refractivity contribution in [1.82, 2.24) is 0 Å². The van der Waals surface area contributed by atoms with Crippen LogP contribution in [0.15, 0.2) is 48.5 Å². The van der Waals surface area contributed by atoms with Crippen LogP contribution in [0.5, 0.6) is 5.75 Å². The Morgan fingerprint density at radius 1 is 1.25 bits per heavy atom. The molecule has 5 nitrogen and oxygen atoms in total. The fraction of sp³-hybridized carbons (Fsp3) is 0.200. The number of nitro groups is 1. The molecule has 1 unspecified atom stereocenters. The van der Waals surface area contributed by atoms with E-state index in [-0.39, 0.29) is 12.3 Å². The largest absolute Gasteiger partial charge is 0.489 e. The molecule has 0 saturated heterocycles. The van der Waals surface area contributed by atoms with Crippen molar-refractivity contribution in [2.45, 2.75) is 19.6 Å². The van der Waals surface area contributed by atoms with Crippen molar-refractivity contribution in [2.24, 2.45) is 0 Å². The molecule has 0 aliphatic heterocycles. The van der Waals surface area contributed by atoms with Crippen LogP contribution in [0.1, 0.15) is 24.2 Å². The number of non-ortho nitro benzene ring substituents is 1. The summed E-state index contributed by atoms with van der Waals surface area (Å²) in [6, 6.07) is 13.4. The maximum atomic E-state index is 10.7. The van der Waals surface area contributed by atoms with E-state index in [1.54, 1.807) is 43.3 Å². The van der Waals surface area contributed by atoms with E-state index >= 15 is 0 Å². The van der Waals surface area contributed by atoms with Crippen LogP contribution in [0.4, 0.5) is 5.69 Å². The van der Waals surface area contributed by atoms with Gasteiger partial charge < -0.3 is 9.84 Å². The fourth-order valence-corrected chi connectivity index (χ4v) is 1.77. The first-order valence-corrected chi connectivity index (χ1v) is 6.20. The highest BCUT2D eigenvalue weighted by Crippen LogP contribution is 2.19. The number of aliphatic hydroxyl groups is 1. The topological polar surface area (TPSA) is 72.6 Å². The van der Waals surface area contributed by atoms with Crippen molar-refractivity contribution < 1.29 is 14.8 Å². The van der Waals surface area contributed by atoms with Crippen molar-refractivity contribution in [3.05, 3.63) is 69.8 Å². The molecule has 20 heavy (non-hydrogen) atoms. The molecule has 0 aliphatic carbocycles. The van der Waals surface area contributed by atoms with E-state index in [1.165, 1.54) is 12.1 Å². The van der Waals surface area contributed by atoms with Gasteiger partial charge in [0.05, 0.1) is 11.0 Å². The second-order valence-electron chi connectivity index (χ2n) is 4.46. The monoisotopic (exact) mass is 273 g/mol. The van der Waals surface area contributed by atoms with E-state index in [2.05, 4.69) is 0 Å². The quantitative estimate of drug-likeness (QED) is 0.670. The number of aliphatic hydroxyl groups excluding tert-OH is 1. The van der Waals surface area contributed by atoms with E-state index in [0.29, 0.717) is 5.75 Å². The van der Waals surface area contributed by atoms with Gasteiger partial charge in [0.15, 0.2) is 0 Å². The Kier molecular flexibility index (Phi) is 4.32. The number of rotatable bonds is 5. The summed E-state index contributed by atoms with van der Waals surface area (Å²) in [6.07, 6.45) is -0.513. The summed E-state index contributed by atoms with van der Waals surface area (Å²) in [5.74, 6) is 0.654. The third-order valence-electron chi connectivity index (χ3n) is 2.89. The van der Waals surface area contributed by atoms with E-state index in [0.717, 1.165) is 11.1 Å². The number of hydrogen-bond donors (Lipinski definition) is 1. The summed E-state index contributed by atoms with van der Waals surface area (Å²) < 4.78 is 5.56. The molecule has 0 radical (unpaired) electrons. The molecule has 2 rings (SSSR count). The van der Waals surface area contributed by atoms with Crippen LogP contribution in [0.2, 0.25) is 0 Å². The standard InChI is InChI=1S/C15H15NO4/c1-11(17)13-5-7-15(8-6-13)20-10-12-3-2-4-14(9-12)16(18)19/h2-9,11,17H,10H2,1H3. The van der Waals surface area contributed by atoms with Crippen LogP contribution in [0.25, 0.3) is 0 Å². The zero-order valence-electron chi connectivity index (χ0n) is 11.0. The van der Waals surface area contributed by atoms with Crippen LogP contribution in [0, 0.1) is 10.1 Å². The molecule has 0 fully saturated rings. The number of nitro benzene ring substituents is 1. The number of hydrogen-bond acceptors (Lipinski definition) is 4. The summed E-state index contributed by atoms with van der Waals surface area (Å²) in [5.41, 5.74) is 1.60. The van der Waals surface area contributed by atoms with Gasteiger partial charge in [0.25, 0.3) is 5.69 Å². The Morgan fingerprint density at radius 2 is 1.95 bits per heavy atom. The third kappa shape index (κ3) is 3.55. The van der Waals surface area contributed by atoms with Gasteiger partial charge in [-0.2, -0.15) is 0 Å². The van der Waals surface area contributed by atoms with Gasteiger partial charge in [-0.15, -0.1) is 0 Å². The minimum Gasteiger partial charge on any atom is -0.489 e. The summed E-state index contributed by atoms with van der Waals surface area (Å²) in [5, 5.41) is 20.1. The van der Waals surface area contributed by atoms with Crippen molar-refractivity contribution in [3.63, 3.8) is 0 Å². The molecular weight excluding hydrogens is 258 g/mol. The van der Waals surface area contributed by atoms with Gasteiger partial charge in [-0.05, 0) is 30.2 Å². The van der Waals surface area contributed by atoms with Gasteiger partial charge in [0.2, 0.25) is 0 Å². The molecular formula is C15H15NO4. The Morgan fingerprint density at radius 3 is 2.55 bits per heavy atom. The van der Waals surface area contributed by atoms with Crippen molar-refractivity contribution in [3.8, 4) is 5.75 Å². The van der Waals surface area contributed by atoms with Crippen LogP contribution in [-0.2, 0) is 6.61 Å². The molecule has 1 atom stereocenters. The minimum atomic E-state index is -0.513. The smallest absolute Gasteiger partial charge is 0.269 e. The lowest BCUT2D eigenvalue weighted by Crippen LogP contribution is -1.97. The maximum Gasteiger partial charge on any atom is 0.269 e. The Labute approximate surface area is 116 Å². The number of benzene rings is 2. The molecule has 0 heterocycles. The normalized spacial score (nSPS) is 11.9. The van der Waals surface area contributed by atoms with Gasteiger partial charge in [-0.25, -0.2) is 0 Å². The molecule has 0 aliphatic rings. The zero-order chi connectivity index (χ0) is 14.5. The Bertz CT molecular complexity index is 593. The predicted molar refractivity (Wildman–Crippen MR) is 74.5 cm³/mol. The highest BCUT2D eigenvalue weighted by Gasteiger charge is 2.06. The Hall–Kier alpha value is -2.40. The van der Waals surface area contributed by atoms with Crippen LogP contribution in [-0.4, -0.2) is 10.0 Å². The van der Waals surface area contributed by atoms with Gasteiger partial charge in [0, 0.05) is 12.1 Å². The molecule has 2 aromatic rings. The van der Waals surface area contributed by atoms with Gasteiger partial charge in [0.1, 0.15) is 12.4 Å². The summed E-state index contributed by atoms with van der Waals surface area (Å²) in [4.78, 5) is 10.2. The average molecular weight is 273 g/mol. The van der Waals surface area contributed by atoms with Crippen LogP contribution >= 0.6 is 0 Å². The first kappa shape index (κ1) is 14.0. The van der Waals surface area contributed by atoms with Crippen molar-refractivity contribution >= 4 is 5.69 Å². The average Bonchev–Trinajstić information content (AvgIpc) is 2.46. The van der Waals surface area contributed by atoms with E-state index < -0.39 is 11.0 Å². The first-order chi connectivity index (χ1) is 9.56. The number of ether oxygens (including phenoxy) is 1. The fourth-order valence-electron chi connectivity index (χ4n) is 1.77.